The number of primary amides is 1. The van der Waals surface area contributed by atoms with E-state index in [-0.39, 0.29) is 27.3 Å². The number of hydrogen-bond acceptors (Lipinski definition) is 10. The molecule has 1 fully saturated rings. The summed E-state index contributed by atoms with van der Waals surface area (Å²) in [6.45, 7) is 2.01. The molecule has 1 atom stereocenters. The quantitative estimate of drug-likeness (QED) is 0.289. The summed E-state index contributed by atoms with van der Waals surface area (Å²) in [5.41, 5.74) is 3.75. The van der Waals surface area contributed by atoms with E-state index in [9.17, 15) is 32.2 Å². The van der Waals surface area contributed by atoms with Crippen molar-refractivity contribution < 1.29 is 32.2 Å². The van der Waals surface area contributed by atoms with Crippen molar-refractivity contribution in [1.82, 2.24) is 24.1 Å². The highest BCUT2D eigenvalue weighted by Crippen LogP contribution is 2.52. The van der Waals surface area contributed by atoms with Crippen LogP contribution in [0.15, 0.2) is 29.6 Å². The predicted molar refractivity (Wildman–Crippen MR) is 132 cm³/mol. The Balaban J connectivity index is 1.55. The molecule has 1 unspecified atom stereocenters. The van der Waals surface area contributed by atoms with Crippen LogP contribution in [0.25, 0.3) is 10.6 Å². The van der Waals surface area contributed by atoms with Gasteiger partial charge < -0.3 is 16.2 Å². The Morgan fingerprint density at radius 3 is 2.49 bits per heavy atom. The first kappa shape index (κ1) is 27.3. The maximum atomic E-state index is 13.8. The van der Waals surface area contributed by atoms with E-state index >= 15 is 0 Å². The fourth-order valence-corrected chi connectivity index (χ4v) is 6.60. The predicted octanol–water partition coefficient (Wildman–Crippen LogP) is 3.71. The number of thiophene rings is 1. The molecule has 0 aromatic carbocycles. The van der Waals surface area contributed by atoms with E-state index in [2.05, 4.69) is 20.4 Å². The minimum Gasteiger partial charge on any atom is -0.388 e. The van der Waals surface area contributed by atoms with Gasteiger partial charge >= 0.3 is 6.18 Å². The summed E-state index contributed by atoms with van der Waals surface area (Å²) in [7, 11) is -1.54. The maximum absolute atomic E-state index is 13.8. The number of carbonyl (C=O) groups is 1. The van der Waals surface area contributed by atoms with Gasteiger partial charge in [-0.2, -0.15) is 18.3 Å². The van der Waals surface area contributed by atoms with Gasteiger partial charge in [0.2, 0.25) is 11.9 Å². The fourth-order valence-electron chi connectivity index (χ4n) is 4.00. The first-order valence-corrected chi connectivity index (χ1v) is 13.4. The van der Waals surface area contributed by atoms with Crippen molar-refractivity contribution in [2.45, 2.75) is 43.0 Å². The van der Waals surface area contributed by atoms with E-state index < -0.39 is 40.2 Å². The third kappa shape index (κ3) is 5.73. The minimum absolute atomic E-state index is 0.0164. The molecule has 4 rings (SSSR count). The summed E-state index contributed by atoms with van der Waals surface area (Å²) in [4.78, 5) is 20.2. The van der Waals surface area contributed by atoms with E-state index in [1.807, 2.05) is 0 Å². The van der Waals surface area contributed by atoms with Gasteiger partial charge in [0.1, 0.15) is 10.5 Å². The van der Waals surface area contributed by atoms with Gasteiger partial charge in [-0.15, -0.1) is 22.1 Å². The van der Waals surface area contributed by atoms with Crippen molar-refractivity contribution in [2.24, 2.45) is 12.8 Å². The molecule has 0 saturated carbocycles. The zero-order valence-electron chi connectivity index (χ0n) is 19.8. The van der Waals surface area contributed by atoms with E-state index in [4.69, 9.17) is 5.73 Å². The normalized spacial score (nSPS) is 17.1. The number of nitrogens with one attached hydrogen (secondary N) is 1. The smallest absolute Gasteiger partial charge is 0.388 e. The number of hydrogen-bond donors (Lipinski definition) is 5. The third-order valence-electron chi connectivity index (χ3n) is 5.88. The number of nitrogens with zero attached hydrogens (tertiary/aromatic N) is 5. The second-order valence-corrected chi connectivity index (χ2v) is 11.7. The third-order valence-corrected chi connectivity index (χ3v) is 9.12. The molecule has 37 heavy (non-hydrogen) atoms. The van der Waals surface area contributed by atoms with Gasteiger partial charge in [0.15, 0.2) is 0 Å². The van der Waals surface area contributed by atoms with Crippen LogP contribution in [0, 0.1) is 0 Å². The second kappa shape index (κ2) is 10.2. The lowest BCUT2D eigenvalue weighted by molar-refractivity contribution is -0.137. The van der Waals surface area contributed by atoms with Crippen LogP contribution >= 0.6 is 22.1 Å². The van der Waals surface area contributed by atoms with Crippen molar-refractivity contribution in [1.29, 1.82) is 0 Å². The SMILES string of the molecule is CC(O)c1sc(-c2nc(NC3CCN(S(O)(O)c4cnn(C)c4)CC3)ncc2C(F)(F)F)cc1C(N)=O. The summed E-state index contributed by atoms with van der Waals surface area (Å²) in [5, 5.41) is 17.0. The van der Waals surface area contributed by atoms with E-state index in [1.54, 1.807) is 11.4 Å². The van der Waals surface area contributed by atoms with Crippen LogP contribution in [0.1, 0.15) is 46.7 Å². The number of halogens is 3. The van der Waals surface area contributed by atoms with Crippen molar-refractivity contribution >= 4 is 34.0 Å². The number of amides is 1. The summed E-state index contributed by atoms with van der Waals surface area (Å²) in [6.07, 6.45) is -1.37. The molecular weight excluding hydrogens is 535 g/mol. The molecule has 202 valence electrons. The van der Waals surface area contributed by atoms with Crippen LogP contribution in [0.5, 0.6) is 0 Å². The van der Waals surface area contributed by atoms with Gasteiger partial charge in [-0.3, -0.25) is 18.6 Å². The minimum atomic E-state index is -4.76. The Hall–Kier alpha value is -2.76. The molecule has 16 heteroatoms. The Kier molecular flexibility index (Phi) is 7.51. The van der Waals surface area contributed by atoms with Crippen LogP contribution in [-0.4, -0.2) is 63.3 Å². The first-order valence-electron chi connectivity index (χ1n) is 11.1. The first-order chi connectivity index (χ1) is 17.3. The van der Waals surface area contributed by atoms with Crippen molar-refractivity contribution in [2.75, 3.05) is 18.4 Å². The number of nitrogens with two attached hydrogens (primary N) is 1. The standard InChI is InChI=1S/C21H26F3N7O4S2/c1-11(32)18-14(19(25)33)7-16(36-18)17-15(21(22,23)24)9-26-20(29-17)28-12-3-5-31(6-4-12)37(34,35)13-8-27-30(2)10-13/h7-12,32,34-35H,3-6H2,1-2H3,(H2,25,33)(H,26,28,29). The highest BCUT2D eigenvalue weighted by Gasteiger charge is 2.37. The van der Waals surface area contributed by atoms with Crippen molar-refractivity contribution in [3.63, 3.8) is 0 Å². The lowest BCUT2D eigenvalue weighted by Gasteiger charge is -2.45. The number of aryl methyl sites for hydroxylation is 1. The molecule has 0 radical (unpaired) electrons. The number of aliphatic hydroxyl groups excluding tert-OH is 1. The monoisotopic (exact) mass is 561 g/mol. The van der Waals surface area contributed by atoms with Gasteiger partial charge in [-0.1, -0.05) is 0 Å². The van der Waals surface area contributed by atoms with Crippen LogP contribution in [0.3, 0.4) is 0 Å². The molecule has 11 nitrogen and oxygen atoms in total. The second-order valence-electron chi connectivity index (χ2n) is 8.60. The van der Waals surface area contributed by atoms with Gasteiger partial charge in [0.25, 0.3) is 0 Å². The molecule has 3 aromatic heterocycles. The molecule has 0 spiro atoms. The zero-order valence-corrected chi connectivity index (χ0v) is 21.4. The number of anilines is 1. The largest absolute Gasteiger partial charge is 0.420 e. The van der Waals surface area contributed by atoms with Crippen LogP contribution in [0.4, 0.5) is 19.1 Å². The maximum Gasteiger partial charge on any atom is 0.420 e. The van der Waals surface area contributed by atoms with Crippen LogP contribution < -0.4 is 11.1 Å². The summed E-state index contributed by atoms with van der Waals surface area (Å²) in [6, 6.07) is 0.959. The average molecular weight is 562 g/mol. The van der Waals surface area contributed by atoms with Gasteiger partial charge in [0, 0.05) is 43.4 Å². The van der Waals surface area contributed by atoms with E-state index in [1.165, 1.54) is 30.1 Å². The summed E-state index contributed by atoms with van der Waals surface area (Å²) >= 11 is 0.802. The molecule has 0 aliphatic carbocycles. The molecule has 4 heterocycles. The summed E-state index contributed by atoms with van der Waals surface area (Å²) < 4.78 is 65.6. The highest BCUT2D eigenvalue weighted by atomic mass is 32.3. The summed E-state index contributed by atoms with van der Waals surface area (Å²) in [5.74, 6) is -0.920. The van der Waals surface area contributed by atoms with Crippen LogP contribution in [-0.2, 0) is 13.2 Å². The zero-order chi connectivity index (χ0) is 27.1. The number of aliphatic hydroxyl groups is 1. The molecule has 3 aromatic rings. The Morgan fingerprint density at radius 2 is 1.97 bits per heavy atom. The number of rotatable bonds is 7. The number of alkyl halides is 3. The van der Waals surface area contributed by atoms with Gasteiger partial charge in [0.05, 0.1) is 28.4 Å². The number of carbonyl (C=O) groups excluding carboxylic acids is 1. The van der Waals surface area contributed by atoms with Crippen molar-refractivity contribution in [3.05, 3.63) is 40.7 Å². The molecular formula is C21H26F3N7O4S2. The topological polar surface area (TPSA) is 163 Å². The van der Waals surface area contributed by atoms with E-state index in [0.29, 0.717) is 37.0 Å². The molecule has 1 saturated heterocycles. The molecule has 6 N–H and O–H groups in total. The van der Waals surface area contributed by atoms with E-state index in [0.717, 1.165) is 11.3 Å². The number of piperidine rings is 1. The van der Waals surface area contributed by atoms with Crippen LogP contribution in [0.2, 0.25) is 0 Å². The Morgan fingerprint density at radius 1 is 1.30 bits per heavy atom. The lowest BCUT2D eigenvalue weighted by Crippen LogP contribution is -2.40. The van der Waals surface area contributed by atoms with Gasteiger partial charge in [-0.05, 0) is 25.8 Å². The molecule has 0 bridgehead atoms. The van der Waals surface area contributed by atoms with Crippen molar-refractivity contribution in [3.8, 4) is 10.6 Å². The Labute approximate surface area is 215 Å². The molecule has 1 amide bonds. The fraction of sp³-hybridized carbons (Fsp3) is 0.429. The molecule has 1 aliphatic rings. The molecule has 1 aliphatic heterocycles. The highest BCUT2D eigenvalue weighted by molar-refractivity contribution is 8.22. The number of aromatic nitrogens is 4. The van der Waals surface area contributed by atoms with Gasteiger partial charge in [-0.25, -0.2) is 14.3 Å². The lowest BCUT2D eigenvalue weighted by atomic mass is 10.1. The average Bonchev–Trinajstić information content (AvgIpc) is 3.46. The Bertz CT molecular complexity index is 1290.